The minimum atomic E-state index is -0.866. The Kier molecular flexibility index (Phi) is 12.7. The van der Waals surface area contributed by atoms with E-state index in [9.17, 15) is 0 Å². The second-order valence-electron chi connectivity index (χ2n) is 19.5. The summed E-state index contributed by atoms with van der Waals surface area (Å²) < 4.78 is 29.1. The molecule has 0 bridgehead atoms. The largest absolute Gasteiger partial charge is 0.500 e. The predicted octanol–water partition coefficient (Wildman–Crippen LogP) is 18.2. The number of para-hydroxylation sites is 6. The number of nitrogens with zero attached hydrogens (tertiary/aromatic N) is 4. The molecule has 1 radical (unpaired) electrons. The van der Waals surface area contributed by atoms with E-state index in [4.69, 9.17) is 17.1 Å². The van der Waals surface area contributed by atoms with E-state index in [-0.39, 0.29) is 20.1 Å². The van der Waals surface area contributed by atoms with Gasteiger partial charge in [0.05, 0.1) is 39.3 Å². The van der Waals surface area contributed by atoms with Crippen LogP contribution in [0.25, 0.3) is 100 Å². The van der Waals surface area contributed by atoms with Gasteiger partial charge in [0.25, 0.3) is 0 Å². The Morgan fingerprint density at radius 3 is 1.62 bits per heavy atom. The van der Waals surface area contributed by atoms with Crippen LogP contribution in [0.5, 0.6) is 0 Å². The molecule has 0 amide bonds. The molecule has 3 heterocycles. The van der Waals surface area contributed by atoms with Crippen LogP contribution in [0.2, 0.25) is 0 Å². The zero-order chi connectivity index (χ0) is 50.8. The van der Waals surface area contributed by atoms with Crippen LogP contribution in [-0.2, 0) is 20.1 Å². The van der Waals surface area contributed by atoms with Crippen LogP contribution in [0.3, 0.4) is 0 Å². The topological polar surface area (TPSA) is 48.8 Å². The number of aromatic nitrogens is 4. The fraction of sp³-hybridized carbons (Fsp3) is 0.182. The average Bonchev–Trinajstić information content (AvgIpc) is 4.10. The van der Waals surface area contributed by atoms with Gasteiger partial charge in [-0.3, -0.25) is 9.97 Å². The third-order valence-corrected chi connectivity index (χ3v) is 13.7. The molecular weight excluding hydrogens is 1060 g/mol. The number of imidazole rings is 2. The molecule has 359 valence electrons. The molecule has 9 aromatic carbocycles. The van der Waals surface area contributed by atoms with Crippen LogP contribution in [0.1, 0.15) is 104 Å². The Balaban J connectivity index is 0.000000168. The van der Waals surface area contributed by atoms with Crippen molar-refractivity contribution in [2.24, 2.45) is 0 Å². The van der Waals surface area contributed by atoms with Crippen LogP contribution in [0.4, 0.5) is 0 Å². The van der Waals surface area contributed by atoms with Crippen molar-refractivity contribution in [2.45, 2.75) is 79.0 Å². The number of hydrogen-bond acceptors (Lipinski definition) is 3. The standard InChI is InChI=1S/C35H29N2O.C31H29N2.Ir/c1-21(2)24-13-9-14-25(22(3)4)32(24)37-31-18-8-7-17-30(31)36-35(37)29-16-10-15-27-28-20-19-23-11-5-6-12-26(23)33(28)38-34(27)29;1-21(2)26-16-11-17-27(22(3)4)30(26)33-29-19-9-8-18-28(29)32-31(33)25-15-10-14-24(20-25)23-12-6-5-7-13-23;/h5-15,17-22H,1-4H3;5-14,16-22H,1-4H3;/q2*-1;/i;21D,22D;. The fourth-order valence-corrected chi connectivity index (χ4v) is 10.3. The molecule has 6 heteroatoms. The van der Waals surface area contributed by atoms with Gasteiger partial charge in [-0.25, -0.2) is 0 Å². The van der Waals surface area contributed by atoms with Crippen molar-refractivity contribution in [3.05, 3.63) is 216 Å². The molecule has 0 atom stereocenters. The van der Waals surface area contributed by atoms with Gasteiger partial charge in [-0.2, -0.15) is 0 Å². The summed E-state index contributed by atoms with van der Waals surface area (Å²) in [5, 5.41) is 4.48. The molecule has 0 aliphatic carbocycles. The van der Waals surface area contributed by atoms with Gasteiger partial charge in [-0.05, 0) is 81.1 Å². The molecule has 0 unspecified atom stereocenters. The molecular formula is C66H58IrN4O-2. The van der Waals surface area contributed by atoms with E-state index in [1.807, 2.05) is 94.4 Å². The first-order valence-corrected chi connectivity index (χ1v) is 24.7. The van der Waals surface area contributed by atoms with Gasteiger partial charge in [-0.15, -0.1) is 53.6 Å². The van der Waals surface area contributed by atoms with E-state index in [1.54, 1.807) is 0 Å². The third kappa shape index (κ3) is 8.57. The predicted molar refractivity (Wildman–Crippen MR) is 297 cm³/mol. The molecule has 12 rings (SSSR count). The maximum absolute atomic E-state index is 8.94. The average molecular weight is 1120 g/mol. The number of hydrogen-bond donors (Lipinski definition) is 0. The first kappa shape index (κ1) is 45.7. The molecule has 72 heavy (non-hydrogen) atoms. The SMILES string of the molecule is CC(C)c1cccc(C(C)C)c1-n1c(-c2[c-]ccc3c2oc2c4ccccc4ccc32)nc2ccccc21.[2H]C(C)(C)c1cccc(C([2H])(C)C)c1-n1c(-c2[c-]ccc(-c3ccccc3)c2)nc2ccccc21.[Ir]. The molecule has 12 aromatic rings. The van der Waals surface area contributed by atoms with E-state index in [0.717, 1.165) is 100 Å². The maximum atomic E-state index is 8.94. The second kappa shape index (κ2) is 20.0. The van der Waals surface area contributed by atoms with Crippen LogP contribution < -0.4 is 0 Å². The summed E-state index contributed by atoms with van der Waals surface area (Å²) in [6.45, 7) is 16.6. The van der Waals surface area contributed by atoms with E-state index >= 15 is 0 Å². The summed E-state index contributed by atoms with van der Waals surface area (Å²) in [6, 6.07) is 69.3. The maximum Gasteiger partial charge on any atom is 0.128 e. The van der Waals surface area contributed by atoms with Crippen LogP contribution in [-0.4, -0.2) is 19.1 Å². The Labute approximate surface area is 439 Å². The molecule has 0 fully saturated rings. The van der Waals surface area contributed by atoms with Gasteiger partial charge in [0.1, 0.15) is 5.58 Å². The molecule has 0 aliphatic rings. The van der Waals surface area contributed by atoms with E-state index in [2.05, 4.69) is 164 Å². The fourth-order valence-electron chi connectivity index (χ4n) is 10.3. The van der Waals surface area contributed by atoms with E-state index in [1.165, 1.54) is 22.2 Å². The molecule has 0 spiro atoms. The van der Waals surface area contributed by atoms with Gasteiger partial charge in [0.2, 0.25) is 0 Å². The van der Waals surface area contributed by atoms with Gasteiger partial charge in [0, 0.05) is 45.0 Å². The van der Waals surface area contributed by atoms with Crippen LogP contribution >= 0.6 is 0 Å². The van der Waals surface area contributed by atoms with Crippen molar-refractivity contribution in [3.8, 4) is 45.3 Å². The third-order valence-electron chi connectivity index (χ3n) is 13.7. The zero-order valence-corrected chi connectivity index (χ0v) is 44.4. The molecule has 0 aliphatic heterocycles. The van der Waals surface area contributed by atoms with Crippen molar-refractivity contribution in [1.82, 2.24) is 19.1 Å². The molecule has 0 N–H and O–H groups in total. The molecule has 5 nitrogen and oxygen atoms in total. The van der Waals surface area contributed by atoms with E-state index in [0.29, 0.717) is 11.8 Å². The van der Waals surface area contributed by atoms with Crippen molar-refractivity contribution in [3.63, 3.8) is 0 Å². The van der Waals surface area contributed by atoms with Crippen LogP contribution in [0, 0.1) is 12.1 Å². The summed E-state index contributed by atoms with van der Waals surface area (Å²) >= 11 is 0. The normalized spacial score (nSPS) is 12.4. The minimum Gasteiger partial charge on any atom is -0.500 e. The van der Waals surface area contributed by atoms with Gasteiger partial charge in [0.15, 0.2) is 0 Å². The number of benzene rings is 9. The summed E-state index contributed by atoms with van der Waals surface area (Å²) in [5.74, 6) is 0.593. The number of fused-ring (bicyclic) bond motifs is 7. The Hall–Kier alpha value is -7.37. The van der Waals surface area contributed by atoms with Gasteiger partial charge in [-0.1, -0.05) is 194 Å². The Bertz CT molecular complexity index is 3960. The first-order valence-electron chi connectivity index (χ1n) is 25.7. The Morgan fingerprint density at radius 2 is 0.986 bits per heavy atom. The van der Waals surface area contributed by atoms with Gasteiger partial charge >= 0.3 is 0 Å². The Morgan fingerprint density at radius 1 is 0.458 bits per heavy atom. The number of rotatable bonds is 9. The molecule has 3 aromatic heterocycles. The summed E-state index contributed by atoms with van der Waals surface area (Å²) in [6.07, 6.45) is 0. The summed E-state index contributed by atoms with van der Waals surface area (Å²) in [4.78, 5) is 10.3. The molecule has 0 saturated heterocycles. The first-order chi connectivity index (χ1) is 35.2. The second-order valence-corrected chi connectivity index (χ2v) is 19.5. The minimum absolute atomic E-state index is 0. The molecule has 0 saturated carbocycles. The quantitative estimate of drug-likeness (QED) is 0.135. The zero-order valence-electron chi connectivity index (χ0n) is 44.0. The van der Waals surface area contributed by atoms with E-state index < -0.39 is 11.8 Å². The van der Waals surface area contributed by atoms with Crippen molar-refractivity contribution in [1.29, 1.82) is 0 Å². The van der Waals surface area contributed by atoms with Gasteiger partial charge < -0.3 is 13.6 Å². The number of furan rings is 1. The van der Waals surface area contributed by atoms with Crippen LogP contribution in [0.15, 0.2) is 186 Å². The summed E-state index contributed by atoms with van der Waals surface area (Å²) in [5.41, 5.74) is 16.0. The summed E-state index contributed by atoms with van der Waals surface area (Å²) in [7, 11) is 0. The van der Waals surface area contributed by atoms with Crippen molar-refractivity contribution < 1.29 is 27.3 Å². The monoisotopic (exact) mass is 1120 g/mol. The van der Waals surface area contributed by atoms with Crippen molar-refractivity contribution in [2.75, 3.05) is 0 Å². The van der Waals surface area contributed by atoms with Crippen molar-refractivity contribution >= 4 is 54.8 Å². The smallest absolute Gasteiger partial charge is 0.128 e.